The second-order valence-corrected chi connectivity index (χ2v) is 10.5. The average Bonchev–Trinajstić information content (AvgIpc) is 3.06. The number of halogens is 1. The molecule has 8 nitrogen and oxygen atoms in total. The van der Waals surface area contributed by atoms with Crippen LogP contribution in [0.1, 0.15) is 47.2 Å². The Morgan fingerprint density at radius 1 is 0.750 bits per heavy atom. The zero-order chi connectivity index (χ0) is 31.1. The number of carbonyl (C=O) groups excluding carboxylic acids is 4. The Hall–Kier alpha value is -5.31. The number of Topliss-reactive ketones (excluding diaryl/α,β-unsaturated/α-hetero) is 2. The number of aromatic nitrogens is 2. The van der Waals surface area contributed by atoms with Gasteiger partial charge in [-0.1, -0.05) is 66.7 Å². The third kappa shape index (κ3) is 6.36. The van der Waals surface area contributed by atoms with Gasteiger partial charge in [-0.25, -0.2) is 4.39 Å². The lowest BCUT2D eigenvalue weighted by molar-refractivity contribution is -0.141. The number of pyridine rings is 2. The quantitative estimate of drug-likeness (QED) is 0.106. The molecule has 5 rings (SSSR count). The molecule has 3 aromatic carbocycles. The summed E-state index contributed by atoms with van der Waals surface area (Å²) < 4.78 is 17.2. The van der Waals surface area contributed by atoms with E-state index >= 15 is 4.39 Å². The minimum absolute atomic E-state index is 0.0948. The van der Waals surface area contributed by atoms with E-state index in [4.69, 9.17) is 0 Å². The Bertz CT molecular complexity index is 1750. The van der Waals surface area contributed by atoms with Gasteiger partial charge < -0.3 is 10.6 Å². The molecule has 222 valence electrons. The number of amides is 2. The van der Waals surface area contributed by atoms with Crippen molar-refractivity contribution in [3.63, 3.8) is 0 Å². The number of benzene rings is 3. The molecule has 0 saturated heterocycles. The van der Waals surface area contributed by atoms with Crippen LogP contribution in [0.3, 0.4) is 0 Å². The van der Waals surface area contributed by atoms with E-state index in [0.29, 0.717) is 41.4 Å². The topological polar surface area (TPSA) is 118 Å². The standard InChI is InChI=1S/C35H31FN4O4/c1-37-31(43)15-3-2-14-29(41)23-16-18-27(19-17-23)35(36,30(42)22-26-10-4-8-24-11-6-20-38-32(24)26)34(44)40-28-13-5-9-25-12-7-21-39-33(25)28/h4-13,16-21H,2-3,14-15,22H2,1H3,(H,37,43)(H,40,44). The normalized spacial score (nSPS) is 12.4. The summed E-state index contributed by atoms with van der Waals surface area (Å²) >= 11 is 0. The number of ketones is 2. The second kappa shape index (κ2) is 13.3. The van der Waals surface area contributed by atoms with E-state index in [9.17, 15) is 19.2 Å². The molecule has 2 N–H and O–H groups in total. The van der Waals surface area contributed by atoms with Gasteiger partial charge >= 0.3 is 0 Å². The number of unbranched alkanes of at least 4 members (excludes halogenated alkanes) is 1. The van der Waals surface area contributed by atoms with Crippen molar-refractivity contribution in [3.05, 3.63) is 114 Å². The summed E-state index contributed by atoms with van der Waals surface area (Å²) in [6.07, 6.45) is 4.36. The van der Waals surface area contributed by atoms with Crippen molar-refractivity contribution in [3.8, 4) is 0 Å². The molecule has 44 heavy (non-hydrogen) atoms. The number of anilines is 1. The highest BCUT2D eigenvalue weighted by Gasteiger charge is 2.48. The lowest BCUT2D eigenvalue weighted by Crippen LogP contribution is -2.44. The fourth-order valence-corrected chi connectivity index (χ4v) is 5.16. The maximum absolute atomic E-state index is 17.2. The van der Waals surface area contributed by atoms with Crippen LogP contribution in [0.25, 0.3) is 21.8 Å². The summed E-state index contributed by atoms with van der Waals surface area (Å²) in [5.74, 6) is -2.42. The van der Waals surface area contributed by atoms with Gasteiger partial charge in [0.05, 0.1) is 16.7 Å². The van der Waals surface area contributed by atoms with Gasteiger partial charge in [0.15, 0.2) is 11.6 Å². The zero-order valence-corrected chi connectivity index (χ0v) is 24.2. The Balaban J connectivity index is 1.45. The lowest BCUT2D eigenvalue weighted by Gasteiger charge is -2.24. The van der Waals surface area contributed by atoms with Gasteiger partial charge in [-0.2, -0.15) is 0 Å². The Kier molecular flexibility index (Phi) is 9.14. The number of hydrogen-bond acceptors (Lipinski definition) is 6. The molecule has 2 heterocycles. The van der Waals surface area contributed by atoms with E-state index in [2.05, 4.69) is 20.6 Å². The highest BCUT2D eigenvalue weighted by atomic mass is 19.1. The fraction of sp³-hybridized carbons (Fsp3) is 0.200. The Labute approximate surface area is 253 Å². The third-order valence-corrected chi connectivity index (χ3v) is 7.59. The molecule has 0 saturated carbocycles. The molecule has 0 spiro atoms. The van der Waals surface area contributed by atoms with Gasteiger partial charge in [-0.3, -0.25) is 29.1 Å². The summed E-state index contributed by atoms with van der Waals surface area (Å²) in [5, 5.41) is 6.67. The van der Waals surface area contributed by atoms with E-state index in [0.717, 1.165) is 10.8 Å². The molecular formula is C35H31FN4O4. The fourth-order valence-electron chi connectivity index (χ4n) is 5.16. The second-order valence-electron chi connectivity index (χ2n) is 10.5. The molecule has 9 heteroatoms. The van der Waals surface area contributed by atoms with Crippen LogP contribution in [-0.4, -0.2) is 40.4 Å². The molecule has 5 aromatic rings. The molecule has 1 unspecified atom stereocenters. The molecule has 0 aliphatic heterocycles. The van der Waals surface area contributed by atoms with Crippen molar-refractivity contribution < 1.29 is 23.6 Å². The number of nitrogens with one attached hydrogen (secondary N) is 2. The van der Waals surface area contributed by atoms with E-state index in [1.165, 1.54) is 24.3 Å². The molecular weight excluding hydrogens is 559 g/mol. The first-order valence-corrected chi connectivity index (χ1v) is 14.4. The molecule has 0 aliphatic carbocycles. The number of alkyl halides is 1. The van der Waals surface area contributed by atoms with Crippen molar-refractivity contribution in [2.75, 3.05) is 12.4 Å². The monoisotopic (exact) mass is 590 g/mol. The van der Waals surface area contributed by atoms with E-state index in [-0.39, 0.29) is 29.4 Å². The molecule has 2 aromatic heterocycles. The van der Waals surface area contributed by atoms with Gasteiger partial charge in [0.1, 0.15) is 0 Å². The third-order valence-electron chi connectivity index (χ3n) is 7.59. The summed E-state index contributed by atoms with van der Waals surface area (Å²) in [4.78, 5) is 60.5. The summed E-state index contributed by atoms with van der Waals surface area (Å²) in [6.45, 7) is 0. The van der Waals surface area contributed by atoms with Crippen LogP contribution < -0.4 is 10.6 Å². The minimum atomic E-state index is -3.09. The largest absolute Gasteiger partial charge is 0.359 e. The number of rotatable bonds is 12. The van der Waals surface area contributed by atoms with Crippen LogP contribution in [0.5, 0.6) is 0 Å². The Morgan fingerprint density at radius 2 is 1.36 bits per heavy atom. The zero-order valence-electron chi connectivity index (χ0n) is 24.2. The van der Waals surface area contributed by atoms with Crippen LogP contribution >= 0.6 is 0 Å². The molecule has 0 bridgehead atoms. The van der Waals surface area contributed by atoms with Gasteiger partial charge in [-0.05, 0) is 36.6 Å². The summed E-state index contributed by atoms with van der Waals surface area (Å²) in [5.41, 5.74) is -1.23. The maximum Gasteiger partial charge on any atom is 0.274 e. The van der Waals surface area contributed by atoms with Crippen molar-refractivity contribution in [1.29, 1.82) is 0 Å². The van der Waals surface area contributed by atoms with Crippen molar-refractivity contribution >= 4 is 50.9 Å². The smallest absolute Gasteiger partial charge is 0.274 e. The van der Waals surface area contributed by atoms with Crippen LogP contribution in [0.15, 0.2) is 97.3 Å². The first-order valence-electron chi connectivity index (χ1n) is 14.4. The van der Waals surface area contributed by atoms with Crippen LogP contribution in [0.4, 0.5) is 10.1 Å². The van der Waals surface area contributed by atoms with Crippen molar-refractivity contribution in [2.24, 2.45) is 0 Å². The number of hydrogen-bond donors (Lipinski definition) is 2. The number of fused-ring (bicyclic) bond motifs is 2. The van der Waals surface area contributed by atoms with Crippen LogP contribution in [0.2, 0.25) is 0 Å². The van der Waals surface area contributed by atoms with Crippen LogP contribution in [0, 0.1) is 0 Å². The van der Waals surface area contributed by atoms with Gasteiger partial charge in [-0.15, -0.1) is 0 Å². The van der Waals surface area contributed by atoms with Crippen LogP contribution in [-0.2, 0) is 26.5 Å². The van der Waals surface area contributed by atoms with Gasteiger partial charge in [0.2, 0.25) is 5.91 Å². The average molecular weight is 591 g/mol. The van der Waals surface area contributed by atoms with E-state index < -0.39 is 23.8 Å². The van der Waals surface area contributed by atoms with Gasteiger partial charge in [0, 0.05) is 60.6 Å². The van der Waals surface area contributed by atoms with Crippen molar-refractivity contribution in [2.45, 2.75) is 37.8 Å². The minimum Gasteiger partial charge on any atom is -0.359 e. The van der Waals surface area contributed by atoms with Crippen molar-refractivity contribution in [1.82, 2.24) is 15.3 Å². The first-order chi connectivity index (χ1) is 21.3. The summed E-state index contributed by atoms with van der Waals surface area (Å²) in [7, 11) is 1.56. The lowest BCUT2D eigenvalue weighted by atomic mass is 9.85. The molecule has 0 aliphatic rings. The molecule has 2 amide bonds. The van der Waals surface area contributed by atoms with E-state index in [1.54, 1.807) is 55.8 Å². The first kappa shape index (κ1) is 30.2. The summed E-state index contributed by atoms with van der Waals surface area (Å²) in [6, 6.07) is 23.0. The molecule has 0 fully saturated rings. The predicted molar refractivity (Wildman–Crippen MR) is 167 cm³/mol. The maximum atomic E-state index is 17.2. The molecule has 1 atom stereocenters. The highest BCUT2D eigenvalue weighted by Crippen LogP contribution is 2.33. The predicted octanol–water partition coefficient (Wildman–Crippen LogP) is 5.89. The van der Waals surface area contributed by atoms with Gasteiger partial charge in [0.25, 0.3) is 11.6 Å². The SMILES string of the molecule is CNC(=O)CCCCC(=O)c1ccc(C(F)(C(=O)Cc2cccc3cccnc23)C(=O)Nc2cccc3cccnc23)cc1. The molecule has 0 radical (unpaired) electrons. The number of para-hydroxylation sites is 2. The number of carbonyl (C=O) groups is 4. The Morgan fingerprint density at radius 3 is 2.07 bits per heavy atom. The number of nitrogens with zero attached hydrogens (tertiary/aromatic N) is 2. The highest BCUT2D eigenvalue weighted by molar-refractivity contribution is 6.17. The van der Waals surface area contributed by atoms with E-state index in [1.807, 2.05) is 24.3 Å².